The van der Waals surface area contributed by atoms with Gasteiger partial charge in [-0.3, -0.25) is 4.79 Å². The Morgan fingerprint density at radius 1 is 1.37 bits per heavy atom. The quantitative estimate of drug-likeness (QED) is 0.795. The highest BCUT2D eigenvalue weighted by molar-refractivity contribution is 7.11. The molecule has 0 atom stereocenters. The van der Waals surface area contributed by atoms with E-state index in [-0.39, 0.29) is 10.9 Å². The van der Waals surface area contributed by atoms with Gasteiger partial charge in [-0.2, -0.15) is 0 Å². The van der Waals surface area contributed by atoms with Crippen LogP contribution in [0.25, 0.3) is 0 Å². The Balaban J connectivity index is 1.76. The molecule has 19 heavy (non-hydrogen) atoms. The number of nitrogens with zero attached hydrogens (tertiary/aromatic N) is 2. The highest BCUT2D eigenvalue weighted by atomic mass is 32.1. The van der Waals surface area contributed by atoms with Gasteiger partial charge < -0.3 is 9.64 Å². The lowest BCUT2D eigenvalue weighted by molar-refractivity contribution is 0.0526. The lowest BCUT2D eigenvalue weighted by Gasteiger charge is -2.20. The van der Waals surface area contributed by atoms with Gasteiger partial charge in [0.25, 0.3) is 5.91 Å². The summed E-state index contributed by atoms with van der Waals surface area (Å²) >= 11 is 1.17. The van der Waals surface area contributed by atoms with Gasteiger partial charge in [0.2, 0.25) is 5.01 Å². The number of rotatable bonds is 3. The van der Waals surface area contributed by atoms with Crippen LogP contribution in [-0.2, 0) is 4.74 Å². The van der Waals surface area contributed by atoms with Gasteiger partial charge in [-0.15, -0.1) is 11.3 Å². The minimum Gasteiger partial charge on any atom is -0.461 e. The number of hydrogen-bond donors (Lipinski definition) is 0. The molecule has 0 aromatic carbocycles. The van der Waals surface area contributed by atoms with Crippen molar-refractivity contribution >= 4 is 23.2 Å². The molecule has 0 unspecified atom stereocenters. The molecule has 3 heterocycles. The maximum Gasteiger partial charge on any atom is 0.367 e. The molecule has 0 spiro atoms. The van der Waals surface area contributed by atoms with Crippen LogP contribution in [0, 0.1) is 0 Å². The normalized spacial score (nSPS) is 24.8. The Morgan fingerprint density at radius 3 is 2.58 bits per heavy atom. The molecule has 0 radical (unpaired) electrons. The van der Waals surface area contributed by atoms with E-state index in [0.29, 0.717) is 24.4 Å². The highest BCUT2D eigenvalue weighted by Gasteiger charge is 2.42. The minimum absolute atomic E-state index is 0.0307. The van der Waals surface area contributed by atoms with Crippen molar-refractivity contribution in [3.05, 3.63) is 16.1 Å². The van der Waals surface area contributed by atoms with Crippen LogP contribution in [0.2, 0.25) is 0 Å². The van der Waals surface area contributed by atoms with Crippen molar-refractivity contribution in [2.75, 3.05) is 6.61 Å². The summed E-state index contributed by atoms with van der Waals surface area (Å²) in [5, 5.41) is 1.92. The monoisotopic (exact) mass is 280 g/mol. The van der Waals surface area contributed by atoms with E-state index in [0.717, 1.165) is 25.7 Å². The molecular weight excluding hydrogens is 264 g/mol. The lowest BCUT2D eigenvalue weighted by atomic mass is 10.0. The fraction of sp³-hybridized carbons (Fsp3) is 0.615. The molecule has 2 saturated heterocycles. The standard InChI is InChI=1S/C13H16N2O3S/c1-2-18-13(17)11-14-10(7-19-11)12(16)15-8-3-4-9(15)6-5-8/h7-9H,2-6H2,1H3/t8-,9+. The van der Waals surface area contributed by atoms with Crippen LogP contribution >= 0.6 is 11.3 Å². The first-order valence-electron chi connectivity index (χ1n) is 6.66. The summed E-state index contributed by atoms with van der Waals surface area (Å²) in [6.07, 6.45) is 4.41. The Hall–Kier alpha value is -1.43. The van der Waals surface area contributed by atoms with E-state index in [4.69, 9.17) is 4.74 Å². The number of amides is 1. The Morgan fingerprint density at radius 2 is 2.00 bits per heavy atom. The third-order valence-corrected chi connectivity index (χ3v) is 4.68. The fourth-order valence-electron chi connectivity index (χ4n) is 3.04. The van der Waals surface area contributed by atoms with Crippen molar-refractivity contribution in [3.8, 4) is 0 Å². The van der Waals surface area contributed by atoms with Crippen LogP contribution in [-0.4, -0.2) is 40.5 Å². The van der Waals surface area contributed by atoms with E-state index in [1.54, 1.807) is 12.3 Å². The molecule has 5 nitrogen and oxygen atoms in total. The molecule has 2 aliphatic rings. The largest absolute Gasteiger partial charge is 0.461 e. The minimum atomic E-state index is -0.448. The Kier molecular flexibility index (Phi) is 3.26. The molecule has 2 aliphatic heterocycles. The molecule has 2 bridgehead atoms. The van der Waals surface area contributed by atoms with Crippen LogP contribution < -0.4 is 0 Å². The molecule has 1 aromatic rings. The zero-order valence-corrected chi connectivity index (χ0v) is 11.6. The van der Waals surface area contributed by atoms with Gasteiger partial charge in [-0.1, -0.05) is 0 Å². The van der Waals surface area contributed by atoms with E-state index in [2.05, 4.69) is 4.98 Å². The van der Waals surface area contributed by atoms with Crippen LogP contribution in [0.3, 0.4) is 0 Å². The fourth-order valence-corrected chi connectivity index (χ4v) is 3.72. The SMILES string of the molecule is CCOC(=O)c1nc(C(=O)N2[C@H]3CC[C@@H]2CC3)cs1. The molecule has 0 saturated carbocycles. The summed E-state index contributed by atoms with van der Waals surface area (Å²) in [5.74, 6) is -0.479. The molecule has 3 rings (SSSR count). The maximum absolute atomic E-state index is 12.4. The molecular formula is C13H16N2O3S. The second-order valence-corrected chi connectivity index (χ2v) is 5.79. The van der Waals surface area contributed by atoms with E-state index in [1.165, 1.54) is 11.3 Å². The average Bonchev–Trinajstić information content (AvgIpc) is 3.13. The van der Waals surface area contributed by atoms with Crippen molar-refractivity contribution in [3.63, 3.8) is 0 Å². The van der Waals surface area contributed by atoms with Gasteiger partial charge in [0.15, 0.2) is 0 Å². The van der Waals surface area contributed by atoms with Crippen molar-refractivity contribution in [2.24, 2.45) is 0 Å². The third-order valence-electron chi connectivity index (χ3n) is 3.86. The molecule has 6 heteroatoms. The molecule has 0 N–H and O–H groups in total. The number of carbonyl (C=O) groups excluding carboxylic acids is 2. The molecule has 0 aliphatic carbocycles. The third kappa shape index (κ3) is 2.14. The Labute approximate surface area is 115 Å². The van der Waals surface area contributed by atoms with E-state index < -0.39 is 5.97 Å². The van der Waals surface area contributed by atoms with Crippen molar-refractivity contribution in [1.29, 1.82) is 0 Å². The van der Waals surface area contributed by atoms with Gasteiger partial charge in [-0.05, 0) is 32.6 Å². The molecule has 2 fully saturated rings. The summed E-state index contributed by atoms with van der Waals surface area (Å²) in [7, 11) is 0. The smallest absolute Gasteiger partial charge is 0.367 e. The average molecular weight is 280 g/mol. The van der Waals surface area contributed by atoms with Gasteiger partial charge in [0.1, 0.15) is 5.69 Å². The second kappa shape index (κ2) is 4.92. The zero-order chi connectivity index (χ0) is 13.4. The first kappa shape index (κ1) is 12.6. The van der Waals surface area contributed by atoms with E-state index in [9.17, 15) is 9.59 Å². The van der Waals surface area contributed by atoms with Gasteiger partial charge in [-0.25, -0.2) is 9.78 Å². The van der Waals surface area contributed by atoms with E-state index in [1.807, 2.05) is 4.90 Å². The van der Waals surface area contributed by atoms with Gasteiger partial charge in [0, 0.05) is 17.5 Å². The van der Waals surface area contributed by atoms with Crippen LogP contribution in [0.15, 0.2) is 5.38 Å². The molecule has 1 aromatic heterocycles. The van der Waals surface area contributed by atoms with Crippen molar-refractivity contribution in [1.82, 2.24) is 9.88 Å². The summed E-state index contributed by atoms with van der Waals surface area (Å²) < 4.78 is 4.89. The number of fused-ring (bicyclic) bond motifs is 2. The van der Waals surface area contributed by atoms with E-state index >= 15 is 0 Å². The first-order valence-corrected chi connectivity index (χ1v) is 7.54. The number of aromatic nitrogens is 1. The Bertz CT molecular complexity index is 494. The van der Waals surface area contributed by atoms with Gasteiger partial charge >= 0.3 is 5.97 Å². The van der Waals surface area contributed by atoms with Crippen LogP contribution in [0.5, 0.6) is 0 Å². The number of carbonyl (C=O) groups is 2. The van der Waals surface area contributed by atoms with Crippen LogP contribution in [0.1, 0.15) is 52.9 Å². The number of thiazole rings is 1. The zero-order valence-electron chi connectivity index (χ0n) is 10.8. The predicted molar refractivity (Wildman–Crippen MR) is 70.3 cm³/mol. The summed E-state index contributed by atoms with van der Waals surface area (Å²) in [5.41, 5.74) is 0.381. The second-order valence-electron chi connectivity index (χ2n) is 4.93. The summed E-state index contributed by atoms with van der Waals surface area (Å²) in [6.45, 7) is 2.07. The number of ether oxygens (including phenoxy) is 1. The van der Waals surface area contributed by atoms with Crippen molar-refractivity contribution < 1.29 is 14.3 Å². The maximum atomic E-state index is 12.4. The highest BCUT2D eigenvalue weighted by Crippen LogP contribution is 2.38. The number of esters is 1. The predicted octanol–water partition coefficient (Wildman–Crippen LogP) is 2.09. The van der Waals surface area contributed by atoms with Crippen LogP contribution in [0.4, 0.5) is 0 Å². The molecule has 102 valence electrons. The first-order chi connectivity index (χ1) is 9.20. The topological polar surface area (TPSA) is 59.5 Å². The van der Waals surface area contributed by atoms with Gasteiger partial charge in [0.05, 0.1) is 6.61 Å². The molecule has 1 amide bonds. The number of hydrogen-bond acceptors (Lipinski definition) is 5. The lowest BCUT2D eigenvalue weighted by Crippen LogP contribution is -2.35. The summed E-state index contributed by atoms with van der Waals surface area (Å²) in [6, 6.07) is 0.760. The summed E-state index contributed by atoms with van der Waals surface area (Å²) in [4.78, 5) is 30.0. The van der Waals surface area contributed by atoms with Crippen molar-refractivity contribution in [2.45, 2.75) is 44.7 Å².